The van der Waals surface area contributed by atoms with Gasteiger partial charge in [0.2, 0.25) is 0 Å². The molecule has 38 heavy (non-hydrogen) atoms. The van der Waals surface area contributed by atoms with E-state index < -0.39 is 24.0 Å². The molecule has 0 aliphatic heterocycles. The lowest BCUT2D eigenvalue weighted by Crippen LogP contribution is -2.09. The highest BCUT2D eigenvalue weighted by molar-refractivity contribution is 6.09. The van der Waals surface area contributed by atoms with Crippen LogP contribution in [0.3, 0.4) is 0 Å². The van der Waals surface area contributed by atoms with Gasteiger partial charge in [-0.15, -0.1) is 0 Å². The van der Waals surface area contributed by atoms with Gasteiger partial charge in [-0.2, -0.15) is 0 Å². The molecule has 0 spiro atoms. The number of aliphatic hydroxyl groups is 2. The molecule has 0 saturated carbocycles. The number of carbonyl (C=O) groups excluding carboxylic acids is 1. The fourth-order valence-electron chi connectivity index (χ4n) is 3.43. The van der Waals surface area contributed by atoms with Crippen molar-refractivity contribution in [3.8, 4) is 0 Å². The minimum Gasteiger partial charge on any atom is -0.481 e. The molecule has 2 aromatic carbocycles. The molecule has 4 N–H and O–H groups in total. The van der Waals surface area contributed by atoms with Crippen LogP contribution < -0.4 is 0 Å². The van der Waals surface area contributed by atoms with Crippen molar-refractivity contribution < 1.29 is 34.8 Å². The molecular weight excluding hydrogens is 484 g/mol. The highest BCUT2D eigenvalue weighted by Crippen LogP contribution is 2.19. The summed E-state index contributed by atoms with van der Waals surface area (Å²) in [7, 11) is 0. The zero-order valence-corrected chi connectivity index (χ0v) is 23.1. The first-order valence-electron chi connectivity index (χ1n) is 13.6. The summed E-state index contributed by atoms with van der Waals surface area (Å²) in [6.45, 7) is 5.22. The Balaban J connectivity index is 0.000000635. The second kappa shape index (κ2) is 22.0. The number of benzene rings is 2. The number of carbonyl (C=O) groups is 3. The quantitative estimate of drug-likeness (QED) is 0.153. The molecule has 7 heteroatoms. The maximum atomic E-state index is 12.2. The molecule has 7 nitrogen and oxygen atoms in total. The van der Waals surface area contributed by atoms with E-state index in [1.54, 1.807) is 55.5 Å². The average molecular weight is 531 g/mol. The third-order valence-electron chi connectivity index (χ3n) is 5.81. The Morgan fingerprint density at radius 3 is 1.71 bits per heavy atom. The van der Waals surface area contributed by atoms with Crippen molar-refractivity contribution in [3.05, 3.63) is 71.3 Å². The van der Waals surface area contributed by atoms with Crippen molar-refractivity contribution >= 4 is 17.7 Å². The van der Waals surface area contributed by atoms with E-state index in [2.05, 4.69) is 6.92 Å². The SMILES string of the molecule is CC(C(=O)O)c1cccc(C(=O)c2ccccc2)c1.CC(O)CO.CCCCCCCCCCCC(=O)O. The van der Waals surface area contributed by atoms with Crippen LogP contribution in [0.5, 0.6) is 0 Å². The van der Waals surface area contributed by atoms with Crippen molar-refractivity contribution in [3.63, 3.8) is 0 Å². The summed E-state index contributed by atoms with van der Waals surface area (Å²) in [5, 5.41) is 33.4. The zero-order valence-electron chi connectivity index (χ0n) is 23.1. The summed E-state index contributed by atoms with van der Waals surface area (Å²) < 4.78 is 0. The Bertz CT molecular complexity index is 909. The third kappa shape index (κ3) is 17.4. The molecule has 0 aromatic heterocycles. The van der Waals surface area contributed by atoms with E-state index in [4.69, 9.17) is 20.4 Å². The summed E-state index contributed by atoms with van der Waals surface area (Å²) >= 11 is 0. The molecule has 0 bridgehead atoms. The Morgan fingerprint density at radius 1 is 0.737 bits per heavy atom. The standard InChI is InChI=1S/C16H14O3.C12H24O2.C3H8O2/c1-11(16(18)19)13-8-5-9-14(10-13)15(17)12-6-3-2-4-7-12;1-2-3-4-5-6-7-8-9-10-11-12(13)14;1-3(5)2-4/h2-11H,1H3,(H,18,19);2-11H2,1H3,(H,13,14);3-5H,2H2,1H3. The molecule has 0 aliphatic rings. The topological polar surface area (TPSA) is 132 Å². The maximum absolute atomic E-state index is 12.2. The molecule has 0 saturated heterocycles. The second-order valence-electron chi connectivity index (χ2n) is 9.38. The molecule has 212 valence electrons. The van der Waals surface area contributed by atoms with Crippen LogP contribution in [0.4, 0.5) is 0 Å². The predicted octanol–water partition coefficient (Wildman–Crippen LogP) is 6.46. The number of hydrogen-bond donors (Lipinski definition) is 4. The number of carboxylic acids is 2. The molecule has 0 amide bonds. The molecule has 0 fully saturated rings. The van der Waals surface area contributed by atoms with Gasteiger partial charge >= 0.3 is 11.9 Å². The molecular formula is C31H46O7. The van der Waals surface area contributed by atoms with Crippen molar-refractivity contribution in [2.75, 3.05) is 6.61 Å². The summed E-state index contributed by atoms with van der Waals surface area (Å²) in [5.41, 5.74) is 1.74. The van der Waals surface area contributed by atoms with Gasteiger partial charge in [-0.25, -0.2) is 0 Å². The minimum atomic E-state index is -0.899. The van der Waals surface area contributed by atoms with Gasteiger partial charge in [0.05, 0.1) is 18.6 Å². The van der Waals surface area contributed by atoms with Crippen LogP contribution >= 0.6 is 0 Å². The van der Waals surface area contributed by atoms with Gasteiger partial charge in [-0.3, -0.25) is 14.4 Å². The number of aliphatic carboxylic acids is 2. The fraction of sp³-hybridized carbons (Fsp3) is 0.516. The number of carboxylic acid groups (broad SMARTS) is 2. The van der Waals surface area contributed by atoms with Gasteiger partial charge in [0.15, 0.2) is 5.78 Å². The van der Waals surface area contributed by atoms with E-state index in [9.17, 15) is 14.4 Å². The molecule has 0 aliphatic carbocycles. The minimum absolute atomic E-state index is 0.0972. The zero-order chi connectivity index (χ0) is 28.8. The van der Waals surface area contributed by atoms with E-state index >= 15 is 0 Å². The van der Waals surface area contributed by atoms with Crippen molar-refractivity contribution in [1.82, 2.24) is 0 Å². The van der Waals surface area contributed by atoms with Crippen LogP contribution in [0.1, 0.15) is 112 Å². The Morgan fingerprint density at radius 2 is 1.24 bits per heavy atom. The number of ketones is 1. The monoisotopic (exact) mass is 530 g/mol. The van der Waals surface area contributed by atoms with Crippen LogP contribution in [0.15, 0.2) is 54.6 Å². The molecule has 2 unspecified atom stereocenters. The van der Waals surface area contributed by atoms with Gasteiger partial charge in [-0.05, 0) is 31.9 Å². The van der Waals surface area contributed by atoms with Crippen LogP contribution in [0.2, 0.25) is 0 Å². The largest absolute Gasteiger partial charge is 0.481 e. The van der Waals surface area contributed by atoms with Gasteiger partial charge in [-0.1, -0.05) is 107 Å². The summed E-state index contributed by atoms with van der Waals surface area (Å²) in [4.78, 5) is 33.4. The van der Waals surface area contributed by atoms with Crippen molar-refractivity contribution in [2.45, 2.75) is 97.0 Å². The highest BCUT2D eigenvalue weighted by atomic mass is 16.4. The first-order chi connectivity index (χ1) is 18.1. The van der Waals surface area contributed by atoms with Gasteiger partial charge < -0.3 is 20.4 Å². The Kier molecular flexibility index (Phi) is 20.2. The van der Waals surface area contributed by atoms with E-state index in [-0.39, 0.29) is 12.4 Å². The first kappa shape index (κ1) is 35.0. The highest BCUT2D eigenvalue weighted by Gasteiger charge is 2.16. The molecule has 2 rings (SSSR count). The predicted molar refractivity (Wildman–Crippen MR) is 151 cm³/mol. The van der Waals surface area contributed by atoms with Crippen LogP contribution in [0, 0.1) is 0 Å². The second-order valence-corrected chi connectivity index (χ2v) is 9.38. The van der Waals surface area contributed by atoms with Crippen LogP contribution in [0.25, 0.3) is 0 Å². The molecule has 0 heterocycles. The van der Waals surface area contributed by atoms with Crippen molar-refractivity contribution in [2.24, 2.45) is 0 Å². The lowest BCUT2D eigenvalue weighted by atomic mass is 9.96. The Hall–Kier alpha value is -3.03. The van der Waals surface area contributed by atoms with E-state index in [1.165, 1.54) is 51.9 Å². The lowest BCUT2D eigenvalue weighted by molar-refractivity contribution is -0.138. The third-order valence-corrected chi connectivity index (χ3v) is 5.81. The summed E-state index contributed by atoms with van der Waals surface area (Å²) in [5.74, 6) is -2.28. The molecule has 2 atom stereocenters. The van der Waals surface area contributed by atoms with E-state index in [1.807, 2.05) is 6.07 Å². The molecule has 0 radical (unpaired) electrons. The average Bonchev–Trinajstić information content (AvgIpc) is 2.92. The normalized spacial score (nSPS) is 11.7. The van der Waals surface area contributed by atoms with Gasteiger partial charge in [0, 0.05) is 17.5 Å². The van der Waals surface area contributed by atoms with Gasteiger partial charge in [0.25, 0.3) is 0 Å². The Labute approximate surface area is 227 Å². The number of hydrogen-bond acceptors (Lipinski definition) is 5. The van der Waals surface area contributed by atoms with Crippen LogP contribution in [-0.4, -0.2) is 50.9 Å². The molecule has 2 aromatic rings. The maximum Gasteiger partial charge on any atom is 0.310 e. The summed E-state index contributed by atoms with van der Waals surface area (Å²) in [6, 6.07) is 15.7. The van der Waals surface area contributed by atoms with Crippen LogP contribution in [-0.2, 0) is 9.59 Å². The number of aliphatic hydroxyl groups excluding tert-OH is 2. The van der Waals surface area contributed by atoms with E-state index in [0.717, 1.165) is 12.8 Å². The number of rotatable bonds is 15. The van der Waals surface area contributed by atoms with Crippen molar-refractivity contribution in [1.29, 1.82) is 0 Å². The first-order valence-corrected chi connectivity index (χ1v) is 13.6. The smallest absolute Gasteiger partial charge is 0.310 e. The van der Waals surface area contributed by atoms with E-state index in [0.29, 0.717) is 23.1 Å². The lowest BCUT2D eigenvalue weighted by Gasteiger charge is -2.08. The fourth-order valence-corrected chi connectivity index (χ4v) is 3.43. The summed E-state index contributed by atoms with van der Waals surface area (Å²) in [6.07, 6.45) is 10.9. The number of unbranched alkanes of at least 4 members (excludes halogenated alkanes) is 8. The van der Waals surface area contributed by atoms with Gasteiger partial charge in [0.1, 0.15) is 0 Å².